The zero-order chi connectivity index (χ0) is 26.5. The lowest BCUT2D eigenvalue weighted by atomic mass is 9.94. The highest BCUT2D eigenvalue weighted by Crippen LogP contribution is 2.39. The lowest BCUT2D eigenvalue weighted by Gasteiger charge is -2.14. The zero-order valence-electron chi connectivity index (χ0n) is 21.0. The number of Topliss-reactive ketones (excluding diaryl/α,β-unsaturated/α-hetero) is 1. The average molecular weight is 566 g/mol. The fourth-order valence-corrected chi connectivity index (χ4v) is 7.28. The number of aromatic nitrogens is 5. The molecule has 2 aromatic carbocycles. The van der Waals surface area contributed by atoms with Gasteiger partial charge in [0.15, 0.2) is 10.9 Å². The molecule has 2 N–H and O–H groups in total. The quantitative estimate of drug-likeness (QED) is 0.176. The molecule has 196 valence electrons. The van der Waals surface area contributed by atoms with Crippen molar-refractivity contribution in [1.82, 2.24) is 25.2 Å². The van der Waals surface area contributed by atoms with Crippen LogP contribution < -0.4 is 10.6 Å². The van der Waals surface area contributed by atoms with Crippen LogP contribution in [0.25, 0.3) is 0 Å². The van der Waals surface area contributed by atoms with Crippen molar-refractivity contribution < 1.29 is 9.59 Å². The highest BCUT2D eigenvalue weighted by atomic mass is 32.2. The Kier molecular flexibility index (Phi) is 8.40. The SMILES string of the molecule is Cc1ccc(NC(=O)Nc2nc(CSc3ccccc3)c(Sc3nnnn3C)s2)c(C(=O)C2CCCC2)c1. The van der Waals surface area contributed by atoms with E-state index in [9.17, 15) is 9.59 Å². The van der Waals surface area contributed by atoms with Gasteiger partial charge >= 0.3 is 6.03 Å². The first-order valence-electron chi connectivity index (χ1n) is 12.3. The number of nitrogens with one attached hydrogen (secondary N) is 2. The molecule has 0 bridgehead atoms. The number of rotatable bonds is 9. The van der Waals surface area contributed by atoms with Gasteiger partial charge in [-0.05, 0) is 66.2 Å². The molecule has 2 heterocycles. The Hall–Kier alpha value is -3.22. The van der Waals surface area contributed by atoms with Crippen molar-refractivity contribution in [2.75, 3.05) is 10.6 Å². The van der Waals surface area contributed by atoms with Crippen LogP contribution in [0.15, 0.2) is 62.8 Å². The smallest absolute Gasteiger partial charge is 0.307 e. The van der Waals surface area contributed by atoms with Crippen LogP contribution in [0.2, 0.25) is 0 Å². The lowest BCUT2D eigenvalue weighted by Crippen LogP contribution is -2.22. The van der Waals surface area contributed by atoms with E-state index < -0.39 is 6.03 Å². The molecule has 1 aliphatic rings. The molecule has 5 rings (SSSR count). The monoisotopic (exact) mass is 565 g/mol. The second-order valence-corrected chi connectivity index (χ2v) is 12.3. The summed E-state index contributed by atoms with van der Waals surface area (Å²) in [6, 6.07) is 15.2. The maximum absolute atomic E-state index is 13.2. The number of carbonyl (C=O) groups excluding carboxylic acids is 2. The fourth-order valence-electron chi connectivity index (χ4n) is 4.25. The Morgan fingerprint density at radius 1 is 1.11 bits per heavy atom. The van der Waals surface area contributed by atoms with Gasteiger partial charge in [-0.15, -0.1) is 16.9 Å². The van der Waals surface area contributed by atoms with E-state index in [1.807, 2.05) is 37.3 Å². The van der Waals surface area contributed by atoms with Gasteiger partial charge in [-0.1, -0.05) is 54.0 Å². The molecular weight excluding hydrogens is 539 g/mol. The van der Waals surface area contributed by atoms with Crippen molar-refractivity contribution >= 4 is 57.5 Å². The molecule has 4 aromatic rings. The number of aryl methyl sites for hydroxylation is 2. The summed E-state index contributed by atoms with van der Waals surface area (Å²) in [5.74, 6) is 0.751. The van der Waals surface area contributed by atoms with Gasteiger partial charge in [0.1, 0.15) is 0 Å². The minimum atomic E-state index is -0.442. The number of hydrogen-bond donors (Lipinski definition) is 2. The van der Waals surface area contributed by atoms with Crippen LogP contribution in [-0.2, 0) is 12.8 Å². The third-order valence-corrected chi connectivity index (χ3v) is 9.46. The number of amides is 2. The molecule has 1 saturated carbocycles. The molecule has 38 heavy (non-hydrogen) atoms. The van der Waals surface area contributed by atoms with Gasteiger partial charge in [0.25, 0.3) is 0 Å². The van der Waals surface area contributed by atoms with Crippen molar-refractivity contribution in [3.05, 3.63) is 65.4 Å². The average Bonchev–Trinajstić information content (AvgIpc) is 3.67. The summed E-state index contributed by atoms with van der Waals surface area (Å²) >= 11 is 4.44. The molecule has 0 aliphatic heterocycles. The summed E-state index contributed by atoms with van der Waals surface area (Å²) in [5, 5.41) is 18.5. The summed E-state index contributed by atoms with van der Waals surface area (Å²) in [5.41, 5.74) is 2.90. The third-order valence-electron chi connectivity index (χ3n) is 6.18. The van der Waals surface area contributed by atoms with E-state index in [-0.39, 0.29) is 11.7 Å². The Bertz CT molecular complexity index is 1430. The zero-order valence-corrected chi connectivity index (χ0v) is 23.5. The molecule has 1 aliphatic carbocycles. The molecule has 2 aromatic heterocycles. The van der Waals surface area contributed by atoms with Gasteiger partial charge in [-0.25, -0.2) is 14.5 Å². The number of hydrogen-bond acceptors (Lipinski definition) is 9. The number of tetrazole rings is 1. The molecule has 2 amide bonds. The standard InChI is InChI=1S/C26H27N7O2S3/c1-16-12-13-20(19(14-16)22(34)17-8-6-7-9-17)27-24(35)29-25-28-21(15-36-18-10-4-3-5-11-18)23(37-25)38-26-30-31-32-33(26)2/h3-5,10-14,17H,6-9,15H2,1-2H3,(H2,27,28,29,35). The minimum Gasteiger partial charge on any atom is -0.307 e. The Morgan fingerprint density at radius 3 is 2.63 bits per heavy atom. The predicted molar refractivity (Wildman–Crippen MR) is 151 cm³/mol. The summed E-state index contributed by atoms with van der Waals surface area (Å²) in [6.45, 7) is 1.95. The number of thiazole rings is 1. The maximum Gasteiger partial charge on any atom is 0.325 e. The second-order valence-electron chi connectivity index (χ2n) is 9.02. The van der Waals surface area contributed by atoms with E-state index in [0.29, 0.717) is 27.3 Å². The van der Waals surface area contributed by atoms with Crippen LogP contribution in [-0.4, -0.2) is 37.0 Å². The van der Waals surface area contributed by atoms with Crippen molar-refractivity contribution in [2.24, 2.45) is 13.0 Å². The van der Waals surface area contributed by atoms with Crippen LogP contribution >= 0.6 is 34.9 Å². The Morgan fingerprint density at radius 2 is 1.89 bits per heavy atom. The summed E-state index contributed by atoms with van der Waals surface area (Å²) in [7, 11) is 1.78. The van der Waals surface area contributed by atoms with Crippen LogP contribution in [0.3, 0.4) is 0 Å². The first-order chi connectivity index (χ1) is 18.5. The number of thioether (sulfide) groups is 1. The summed E-state index contributed by atoms with van der Waals surface area (Å²) in [6.07, 6.45) is 3.96. The number of benzene rings is 2. The van der Waals surface area contributed by atoms with Crippen molar-refractivity contribution in [3.8, 4) is 0 Å². The molecule has 1 fully saturated rings. The second kappa shape index (κ2) is 12.1. The van der Waals surface area contributed by atoms with Gasteiger partial charge in [0, 0.05) is 29.2 Å². The van der Waals surface area contributed by atoms with Crippen LogP contribution in [0.5, 0.6) is 0 Å². The number of carbonyl (C=O) groups is 2. The molecule has 0 atom stereocenters. The topological polar surface area (TPSA) is 115 Å². The minimum absolute atomic E-state index is 0.0266. The van der Waals surface area contributed by atoms with E-state index in [1.54, 1.807) is 29.6 Å². The molecule has 9 nitrogen and oxygen atoms in total. The number of urea groups is 1. The normalized spacial score (nSPS) is 13.5. The number of ketones is 1. The molecule has 0 radical (unpaired) electrons. The van der Waals surface area contributed by atoms with Crippen molar-refractivity contribution in [3.63, 3.8) is 0 Å². The lowest BCUT2D eigenvalue weighted by molar-refractivity contribution is 0.0923. The maximum atomic E-state index is 13.2. The van der Waals surface area contributed by atoms with Gasteiger partial charge in [0.05, 0.1) is 15.6 Å². The van der Waals surface area contributed by atoms with Gasteiger partial charge in [0.2, 0.25) is 5.16 Å². The van der Waals surface area contributed by atoms with E-state index in [4.69, 9.17) is 4.98 Å². The van der Waals surface area contributed by atoms with Gasteiger partial charge in [-0.2, -0.15) is 0 Å². The van der Waals surface area contributed by atoms with E-state index in [2.05, 4.69) is 38.3 Å². The first-order valence-corrected chi connectivity index (χ1v) is 14.9. The van der Waals surface area contributed by atoms with E-state index in [0.717, 1.165) is 46.0 Å². The summed E-state index contributed by atoms with van der Waals surface area (Å²) in [4.78, 5) is 32.0. The van der Waals surface area contributed by atoms with Crippen molar-refractivity contribution in [2.45, 2.75) is 52.6 Å². The largest absolute Gasteiger partial charge is 0.325 e. The number of anilines is 2. The van der Waals surface area contributed by atoms with Crippen LogP contribution in [0.1, 0.15) is 47.3 Å². The van der Waals surface area contributed by atoms with Crippen molar-refractivity contribution in [1.29, 1.82) is 0 Å². The Labute approximate surface area is 233 Å². The highest BCUT2D eigenvalue weighted by Gasteiger charge is 2.26. The third kappa shape index (κ3) is 6.43. The molecule has 0 unspecified atom stereocenters. The molecular formula is C26H27N7O2S3. The fraction of sp³-hybridized carbons (Fsp3) is 0.308. The van der Waals surface area contributed by atoms with E-state index >= 15 is 0 Å². The first kappa shape index (κ1) is 26.4. The highest BCUT2D eigenvalue weighted by molar-refractivity contribution is 8.01. The van der Waals surface area contributed by atoms with Crippen LogP contribution in [0, 0.1) is 12.8 Å². The van der Waals surface area contributed by atoms with Gasteiger partial charge < -0.3 is 5.32 Å². The van der Waals surface area contributed by atoms with E-state index in [1.165, 1.54) is 23.1 Å². The van der Waals surface area contributed by atoms with Gasteiger partial charge in [-0.3, -0.25) is 10.1 Å². The molecule has 0 spiro atoms. The molecule has 12 heteroatoms. The van der Waals surface area contributed by atoms with Crippen LogP contribution in [0.4, 0.5) is 15.6 Å². The predicted octanol–water partition coefficient (Wildman–Crippen LogP) is 6.44. The Balaban J connectivity index is 1.33. The number of nitrogens with zero attached hydrogens (tertiary/aromatic N) is 5. The summed E-state index contributed by atoms with van der Waals surface area (Å²) < 4.78 is 2.49. The molecule has 0 saturated heterocycles.